The molecular formula is C6H12N2O2S2. The molecule has 0 amide bonds. The minimum atomic E-state index is -2.80. The first kappa shape index (κ1) is 9.73. The van der Waals surface area contributed by atoms with Crippen molar-refractivity contribution in [2.45, 2.75) is 12.5 Å². The van der Waals surface area contributed by atoms with E-state index in [0.29, 0.717) is 11.5 Å². The highest BCUT2D eigenvalue weighted by Gasteiger charge is 2.27. The van der Waals surface area contributed by atoms with E-state index in [4.69, 9.17) is 12.2 Å². The van der Waals surface area contributed by atoms with Gasteiger partial charge in [-0.3, -0.25) is 0 Å². The number of nitrogens with one attached hydrogen (secondary N) is 2. The summed E-state index contributed by atoms with van der Waals surface area (Å²) < 4.78 is 22.0. The van der Waals surface area contributed by atoms with Crippen molar-refractivity contribution in [3.05, 3.63) is 0 Å². The molecule has 0 aliphatic carbocycles. The molecule has 0 aromatic rings. The summed E-state index contributed by atoms with van der Waals surface area (Å²) in [5.74, 6) is 0.478. The Morgan fingerprint density at radius 2 is 2.25 bits per heavy atom. The van der Waals surface area contributed by atoms with Crippen LogP contribution >= 0.6 is 12.2 Å². The molecule has 1 rings (SSSR count). The fraction of sp³-hybridized carbons (Fsp3) is 0.833. The molecule has 1 aliphatic heterocycles. The van der Waals surface area contributed by atoms with Crippen LogP contribution in [0.25, 0.3) is 0 Å². The van der Waals surface area contributed by atoms with Gasteiger partial charge in [0, 0.05) is 13.1 Å². The van der Waals surface area contributed by atoms with Crippen LogP contribution in [0.1, 0.15) is 6.42 Å². The highest BCUT2D eigenvalue weighted by molar-refractivity contribution is 7.91. The predicted octanol–water partition coefficient (Wildman–Crippen LogP) is -0.733. The summed E-state index contributed by atoms with van der Waals surface area (Å²) in [4.78, 5) is 0. The molecule has 70 valence electrons. The monoisotopic (exact) mass is 208 g/mol. The molecule has 1 atom stereocenters. The zero-order valence-electron chi connectivity index (χ0n) is 6.83. The molecule has 0 radical (unpaired) electrons. The van der Waals surface area contributed by atoms with Crippen LogP contribution in [-0.2, 0) is 9.84 Å². The first-order valence-electron chi connectivity index (χ1n) is 3.72. The van der Waals surface area contributed by atoms with Crippen molar-refractivity contribution in [3.8, 4) is 0 Å². The molecule has 0 aromatic heterocycles. The van der Waals surface area contributed by atoms with Crippen molar-refractivity contribution in [2.75, 3.05) is 18.6 Å². The molecule has 0 aromatic carbocycles. The van der Waals surface area contributed by atoms with Crippen molar-refractivity contribution < 1.29 is 8.42 Å². The Hall–Kier alpha value is -0.360. The number of sulfone groups is 1. The Balaban J connectivity index is 2.43. The van der Waals surface area contributed by atoms with E-state index in [-0.39, 0.29) is 17.5 Å². The first-order valence-corrected chi connectivity index (χ1v) is 5.95. The van der Waals surface area contributed by atoms with Crippen molar-refractivity contribution in [1.29, 1.82) is 0 Å². The normalized spacial score (nSPS) is 26.6. The van der Waals surface area contributed by atoms with Crippen LogP contribution in [0.2, 0.25) is 0 Å². The van der Waals surface area contributed by atoms with Gasteiger partial charge in [0.15, 0.2) is 14.9 Å². The zero-order chi connectivity index (χ0) is 9.19. The minimum absolute atomic E-state index is 0.00468. The van der Waals surface area contributed by atoms with Crippen molar-refractivity contribution in [3.63, 3.8) is 0 Å². The van der Waals surface area contributed by atoms with Gasteiger partial charge in [-0.2, -0.15) is 0 Å². The minimum Gasteiger partial charge on any atom is -0.366 e. The second-order valence-electron chi connectivity index (χ2n) is 2.82. The third-order valence-electron chi connectivity index (χ3n) is 1.79. The lowest BCUT2D eigenvalue weighted by atomic mass is 10.3. The summed E-state index contributed by atoms with van der Waals surface area (Å²) in [5, 5.41) is 6.18. The van der Waals surface area contributed by atoms with E-state index < -0.39 is 9.84 Å². The van der Waals surface area contributed by atoms with E-state index >= 15 is 0 Å². The van der Waals surface area contributed by atoms with Crippen LogP contribution < -0.4 is 10.6 Å². The van der Waals surface area contributed by atoms with Gasteiger partial charge in [0.1, 0.15) is 0 Å². The van der Waals surface area contributed by atoms with Crippen LogP contribution in [0.15, 0.2) is 0 Å². The first-order chi connectivity index (χ1) is 5.53. The van der Waals surface area contributed by atoms with Gasteiger partial charge >= 0.3 is 0 Å². The van der Waals surface area contributed by atoms with Gasteiger partial charge in [0.2, 0.25) is 0 Å². The van der Waals surface area contributed by atoms with Crippen LogP contribution in [-0.4, -0.2) is 38.1 Å². The number of hydrogen-bond acceptors (Lipinski definition) is 3. The zero-order valence-corrected chi connectivity index (χ0v) is 8.46. The maximum Gasteiger partial charge on any atom is 0.166 e. The summed E-state index contributed by atoms with van der Waals surface area (Å²) in [6.07, 6.45) is 0.657. The largest absolute Gasteiger partial charge is 0.366 e. The van der Waals surface area contributed by atoms with E-state index in [1.807, 2.05) is 0 Å². The van der Waals surface area contributed by atoms with E-state index in [1.54, 1.807) is 7.05 Å². The van der Waals surface area contributed by atoms with Crippen LogP contribution in [0.5, 0.6) is 0 Å². The number of thiocarbonyl (C=S) groups is 1. The Bertz CT molecular complexity index is 273. The SMILES string of the molecule is CNC(=S)NC1CCS(=O)(=O)C1. The lowest BCUT2D eigenvalue weighted by Crippen LogP contribution is -2.40. The summed E-state index contributed by atoms with van der Waals surface area (Å²) in [6, 6.07) is -0.00468. The lowest BCUT2D eigenvalue weighted by molar-refractivity contribution is 0.600. The quantitative estimate of drug-likeness (QED) is 0.556. The maximum absolute atomic E-state index is 11.0. The fourth-order valence-electron chi connectivity index (χ4n) is 1.17. The Morgan fingerprint density at radius 3 is 2.67 bits per heavy atom. The van der Waals surface area contributed by atoms with Crippen molar-refractivity contribution >= 4 is 27.2 Å². The third-order valence-corrected chi connectivity index (χ3v) is 3.88. The predicted molar refractivity (Wildman–Crippen MR) is 51.9 cm³/mol. The van der Waals surface area contributed by atoms with Gasteiger partial charge in [0.25, 0.3) is 0 Å². The average Bonchev–Trinajstić information content (AvgIpc) is 2.30. The molecule has 1 fully saturated rings. The van der Waals surface area contributed by atoms with E-state index in [1.165, 1.54) is 0 Å². The van der Waals surface area contributed by atoms with E-state index in [0.717, 1.165) is 0 Å². The van der Waals surface area contributed by atoms with Gasteiger partial charge in [-0.15, -0.1) is 0 Å². The summed E-state index contributed by atoms with van der Waals surface area (Å²) in [6.45, 7) is 0. The lowest BCUT2D eigenvalue weighted by Gasteiger charge is -2.11. The van der Waals surface area contributed by atoms with Crippen LogP contribution in [0, 0.1) is 0 Å². The van der Waals surface area contributed by atoms with Gasteiger partial charge < -0.3 is 10.6 Å². The van der Waals surface area contributed by atoms with Gasteiger partial charge in [-0.25, -0.2) is 8.42 Å². The number of hydrogen-bond donors (Lipinski definition) is 2. The summed E-state index contributed by atoms with van der Waals surface area (Å²) >= 11 is 4.85. The molecule has 12 heavy (non-hydrogen) atoms. The highest BCUT2D eigenvalue weighted by Crippen LogP contribution is 2.10. The fourth-order valence-corrected chi connectivity index (χ4v) is 3.01. The Kier molecular flexibility index (Phi) is 2.89. The van der Waals surface area contributed by atoms with E-state index in [2.05, 4.69) is 10.6 Å². The molecule has 0 spiro atoms. The average molecular weight is 208 g/mol. The van der Waals surface area contributed by atoms with Crippen molar-refractivity contribution in [1.82, 2.24) is 10.6 Å². The smallest absolute Gasteiger partial charge is 0.166 e. The van der Waals surface area contributed by atoms with Gasteiger partial charge in [-0.1, -0.05) is 0 Å². The molecule has 1 saturated heterocycles. The Labute approximate surface area is 77.6 Å². The molecule has 4 nitrogen and oxygen atoms in total. The second kappa shape index (κ2) is 3.57. The number of rotatable bonds is 1. The molecule has 1 heterocycles. The van der Waals surface area contributed by atoms with Gasteiger partial charge in [-0.05, 0) is 18.6 Å². The van der Waals surface area contributed by atoms with E-state index in [9.17, 15) is 8.42 Å². The second-order valence-corrected chi connectivity index (χ2v) is 5.46. The Morgan fingerprint density at radius 1 is 1.58 bits per heavy atom. The highest BCUT2D eigenvalue weighted by atomic mass is 32.2. The summed E-state index contributed by atoms with van der Waals surface area (Å²) in [5.41, 5.74) is 0. The molecule has 2 N–H and O–H groups in total. The third kappa shape index (κ3) is 2.60. The molecule has 1 unspecified atom stereocenters. The molecular weight excluding hydrogens is 196 g/mol. The topological polar surface area (TPSA) is 58.2 Å². The van der Waals surface area contributed by atoms with Crippen LogP contribution in [0.4, 0.5) is 0 Å². The van der Waals surface area contributed by atoms with Crippen LogP contribution in [0.3, 0.4) is 0 Å². The maximum atomic E-state index is 11.0. The molecule has 1 aliphatic rings. The molecule has 0 bridgehead atoms. The van der Waals surface area contributed by atoms with Gasteiger partial charge in [0.05, 0.1) is 11.5 Å². The molecule has 0 saturated carbocycles. The molecule has 6 heteroatoms. The summed E-state index contributed by atoms with van der Waals surface area (Å²) in [7, 11) is -1.09. The standard InChI is InChI=1S/C6H12N2O2S2/c1-7-6(11)8-5-2-3-12(9,10)4-5/h5H,2-4H2,1H3,(H2,7,8,11). The van der Waals surface area contributed by atoms with Crippen molar-refractivity contribution in [2.24, 2.45) is 0 Å².